The van der Waals surface area contributed by atoms with Crippen molar-refractivity contribution >= 4 is 22.7 Å². The zero-order valence-electron chi connectivity index (χ0n) is 15.6. The summed E-state index contributed by atoms with van der Waals surface area (Å²) in [4.78, 5) is 6.61. The topological polar surface area (TPSA) is 21.1 Å². The summed E-state index contributed by atoms with van der Waals surface area (Å²) in [7, 11) is 0. The van der Waals surface area contributed by atoms with E-state index in [0.717, 1.165) is 26.1 Å². The van der Waals surface area contributed by atoms with Crippen molar-refractivity contribution in [1.82, 2.24) is 14.5 Å². The summed E-state index contributed by atoms with van der Waals surface area (Å²) < 4.78 is 2.41. The Labute approximate surface area is 155 Å². The fraction of sp³-hybridized carbons (Fsp3) is 0.261. The Hall–Kier alpha value is -2.65. The van der Waals surface area contributed by atoms with Gasteiger partial charge in [0, 0.05) is 55.7 Å². The van der Waals surface area contributed by atoms with Crippen molar-refractivity contribution < 1.29 is 0 Å². The quantitative estimate of drug-likeness (QED) is 0.628. The molecule has 0 aliphatic carbocycles. The van der Waals surface area contributed by atoms with Crippen LogP contribution in [0.2, 0.25) is 0 Å². The van der Waals surface area contributed by atoms with Crippen molar-refractivity contribution in [3.05, 3.63) is 77.8 Å². The average Bonchev–Trinajstić information content (AvgIpc) is 2.95. The van der Waals surface area contributed by atoms with E-state index in [4.69, 9.17) is 0 Å². The number of aromatic nitrogens is 2. The van der Waals surface area contributed by atoms with E-state index in [1.807, 2.05) is 18.5 Å². The Morgan fingerprint density at radius 1 is 1.23 bits per heavy atom. The van der Waals surface area contributed by atoms with E-state index in [2.05, 4.69) is 71.4 Å². The fourth-order valence-corrected chi connectivity index (χ4v) is 3.93. The Bertz CT molecular complexity index is 980. The lowest BCUT2D eigenvalue weighted by molar-refractivity contribution is 0.281. The molecule has 1 aliphatic rings. The van der Waals surface area contributed by atoms with Crippen molar-refractivity contribution in [1.29, 1.82) is 0 Å². The van der Waals surface area contributed by atoms with Crippen molar-refractivity contribution in [2.75, 3.05) is 13.1 Å². The normalized spacial score (nSPS) is 15.2. The Morgan fingerprint density at radius 2 is 2.04 bits per heavy atom. The summed E-state index contributed by atoms with van der Waals surface area (Å²) in [6.07, 6.45) is 9.06. The highest BCUT2D eigenvalue weighted by Crippen LogP contribution is 2.33. The third-order valence-corrected chi connectivity index (χ3v) is 5.27. The minimum atomic E-state index is 0.948. The minimum absolute atomic E-state index is 0.948. The maximum atomic E-state index is 4.13. The van der Waals surface area contributed by atoms with Gasteiger partial charge in [-0.05, 0) is 54.8 Å². The number of hydrogen-bond donors (Lipinski definition) is 0. The van der Waals surface area contributed by atoms with Gasteiger partial charge in [0.1, 0.15) is 0 Å². The second-order valence-corrected chi connectivity index (χ2v) is 7.14. The first-order chi connectivity index (χ1) is 12.7. The van der Waals surface area contributed by atoms with Gasteiger partial charge in [0.2, 0.25) is 0 Å². The van der Waals surface area contributed by atoms with Gasteiger partial charge in [-0.25, -0.2) is 0 Å². The lowest BCUT2D eigenvalue weighted by atomic mass is 10.0. The van der Waals surface area contributed by atoms with Crippen molar-refractivity contribution in [2.24, 2.45) is 0 Å². The molecule has 2 aromatic heterocycles. The second kappa shape index (κ2) is 6.93. The summed E-state index contributed by atoms with van der Waals surface area (Å²) in [5, 5.41) is 1.38. The van der Waals surface area contributed by atoms with Crippen LogP contribution in [0.15, 0.2) is 55.4 Å². The third-order valence-electron chi connectivity index (χ3n) is 5.27. The summed E-state index contributed by atoms with van der Waals surface area (Å²) in [6, 6.07) is 10.9. The number of aryl methyl sites for hydroxylation is 1. The van der Waals surface area contributed by atoms with Gasteiger partial charge in [-0.3, -0.25) is 9.88 Å². The predicted octanol–water partition coefficient (Wildman–Crippen LogP) is 4.91. The van der Waals surface area contributed by atoms with E-state index in [1.54, 1.807) is 0 Å². The fourth-order valence-electron chi connectivity index (χ4n) is 3.93. The maximum Gasteiger partial charge on any atom is 0.0529 e. The molecule has 0 spiro atoms. The highest BCUT2D eigenvalue weighted by atomic mass is 15.1. The van der Waals surface area contributed by atoms with Crippen LogP contribution in [0.5, 0.6) is 0 Å². The Balaban J connectivity index is 1.87. The predicted molar refractivity (Wildman–Crippen MR) is 110 cm³/mol. The number of pyridine rings is 1. The largest absolute Gasteiger partial charge is 0.320 e. The van der Waals surface area contributed by atoms with Crippen LogP contribution in [0.1, 0.15) is 29.3 Å². The minimum Gasteiger partial charge on any atom is -0.320 e. The van der Waals surface area contributed by atoms with Crippen LogP contribution in [0.4, 0.5) is 0 Å². The van der Waals surface area contributed by atoms with Crippen LogP contribution in [0, 0.1) is 6.92 Å². The van der Waals surface area contributed by atoms with Crippen LogP contribution in [0.3, 0.4) is 0 Å². The first-order valence-electron chi connectivity index (χ1n) is 9.21. The molecule has 3 heterocycles. The summed E-state index contributed by atoms with van der Waals surface area (Å²) in [6.45, 7) is 11.3. The van der Waals surface area contributed by atoms with Crippen molar-refractivity contribution in [3.63, 3.8) is 0 Å². The second-order valence-electron chi connectivity index (χ2n) is 7.14. The highest BCUT2D eigenvalue weighted by molar-refractivity contribution is 5.90. The van der Waals surface area contributed by atoms with Gasteiger partial charge in [-0.15, -0.1) is 6.58 Å². The molecular formula is C23H25N3. The monoisotopic (exact) mass is 343 g/mol. The van der Waals surface area contributed by atoms with Crippen LogP contribution in [-0.2, 0) is 13.0 Å². The molecule has 3 aromatic rings. The van der Waals surface area contributed by atoms with Gasteiger partial charge < -0.3 is 4.57 Å². The summed E-state index contributed by atoms with van der Waals surface area (Å²) >= 11 is 0. The molecule has 132 valence electrons. The van der Waals surface area contributed by atoms with Gasteiger partial charge in [-0.1, -0.05) is 17.7 Å². The Kier molecular flexibility index (Phi) is 4.48. The SMILES string of the molecule is C=CCN1CCc2c(c3cc(C)ccc3n2/C=C(/C)c2ccncc2)C1. The summed E-state index contributed by atoms with van der Waals surface area (Å²) in [5.74, 6) is 0. The van der Waals surface area contributed by atoms with E-state index >= 15 is 0 Å². The van der Waals surface area contributed by atoms with E-state index in [1.165, 1.54) is 38.9 Å². The lowest BCUT2D eigenvalue weighted by Crippen LogP contribution is -2.30. The summed E-state index contributed by atoms with van der Waals surface area (Å²) in [5.41, 5.74) is 7.99. The van der Waals surface area contributed by atoms with Gasteiger partial charge in [-0.2, -0.15) is 0 Å². The first kappa shape index (κ1) is 16.8. The molecule has 0 saturated carbocycles. The van der Waals surface area contributed by atoms with Crippen molar-refractivity contribution in [2.45, 2.75) is 26.8 Å². The Morgan fingerprint density at radius 3 is 2.81 bits per heavy atom. The molecule has 0 atom stereocenters. The van der Waals surface area contributed by atoms with Crippen molar-refractivity contribution in [3.8, 4) is 0 Å². The third kappa shape index (κ3) is 2.99. The molecule has 0 unspecified atom stereocenters. The maximum absolute atomic E-state index is 4.13. The average molecular weight is 343 g/mol. The van der Waals surface area contributed by atoms with E-state index in [9.17, 15) is 0 Å². The van der Waals surface area contributed by atoms with Crippen LogP contribution in [-0.4, -0.2) is 27.5 Å². The molecule has 0 amide bonds. The molecule has 0 radical (unpaired) electrons. The molecule has 4 rings (SSSR count). The molecule has 26 heavy (non-hydrogen) atoms. The molecular weight excluding hydrogens is 318 g/mol. The van der Waals surface area contributed by atoms with Crippen LogP contribution < -0.4 is 0 Å². The standard InChI is InChI=1S/C23H25N3/c1-4-12-25-13-9-23-21(16-25)20-14-17(2)5-6-22(20)26(23)15-18(3)19-7-10-24-11-8-19/h4-8,10-11,14-15H,1,9,12-13,16H2,2-3H3/b18-15-. The molecule has 1 aliphatic heterocycles. The highest BCUT2D eigenvalue weighted by Gasteiger charge is 2.23. The van der Waals surface area contributed by atoms with Gasteiger partial charge >= 0.3 is 0 Å². The number of fused-ring (bicyclic) bond motifs is 3. The zero-order chi connectivity index (χ0) is 18.1. The molecule has 0 saturated heterocycles. The van der Waals surface area contributed by atoms with Crippen LogP contribution >= 0.6 is 0 Å². The van der Waals surface area contributed by atoms with Gasteiger partial charge in [0.15, 0.2) is 0 Å². The number of hydrogen-bond acceptors (Lipinski definition) is 2. The molecule has 3 nitrogen and oxygen atoms in total. The molecule has 3 heteroatoms. The molecule has 0 bridgehead atoms. The van der Waals surface area contributed by atoms with Gasteiger partial charge in [0.05, 0.1) is 5.52 Å². The number of allylic oxidation sites excluding steroid dienone is 1. The van der Waals surface area contributed by atoms with E-state index < -0.39 is 0 Å². The molecule has 1 aromatic carbocycles. The van der Waals surface area contributed by atoms with E-state index in [0.29, 0.717) is 0 Å². The first-order valence-corrected chi connectivity index (χ1v) is 9.21. The molecule has 0 fully saturated rings. The number of rotatable bonds is 4. The number of benzene rings is 1. The van der Waals surface area contributed by atoms with Gasteiger partial charge in [0.25, 0.3) is 0 Å². The number of nitrogens with zero attached hydrogens (tertiary/aromatic N) is 3. The van der Waals surface area contributed by atoms with E-state index in [-0.39, 0.29) is 0 Å². The smallest absolute Gasteiger partial charge is 0.0529 e. The lowest BCUT2D eigenvalue weighted by Gasteiger charge is -2.26. The van der Waals surface area contributed by atoms with Crippen LogP contribution in [0.25, 0.3) is 22.7 Å². The zero-order valence-corrected chi connectivity index (χ0v) is 15.6. The molecule has 0 N–H and O–H groups in total.